The molecule has 0 bridgehead atoms. The molecule has 1 aliphatic rings. The number of hydrogen-bond donors (Lipinski definition) is 4. The summed E-state index contributed by atoms with van der Waals surface area (Å²) < 4.78 is 49.7. The summed E-state index contributed by atoms with van der Waals surface area (Å²) in [6.07, 6.45) is -4.64. The van der Waals surface area contributed by atoms with E-state index in [-0.39, 0.29) is 0 Å². The van der Waals surface area contributed by atoms with Gasteiger partial charge in [0.05, 0.1) is 12.2 Å². The fourth-order valence-corrected chi connectivity index (χ4v) is 2.17. The van der Waals surface area contributed by atoms with Gasteiger partial charge in [-0.2, -0.15) is 4.39 Å². The Hall–Kier alpha value is -0.805. The molecular formula is C12H20BF3O6. The number of rotatable bonds is 8. The van der Waals surface area contributed by atoms with Crippen LogP contribution in [0.15, 0.2) is 11.8 Å². The summed E-state index contributed by atoms with van der Waals surface area (Å²) in [6.45, 7) is 3.99. The Bertz CT molecular complexity index is 420. The van der Waals surface area contributed by atoms with Gasteiger partial charge < -0.3 is 29.7 Å². The predicted molar refractivity (Wildman–Crippen MR) is 70.2 cm³/mol. The average Bonchev–Trinajstić information content (AvgIpc) is 3.23. The highest BCUT2D eigenvalue weighted by atomic mass is 19.2. The quantitative estimate of drug-likeness (QED) is 0.291. The minimum Gasteiger partial charge on any atom is -0.489 e. The summed E-state index contributed by atoms with van der Waals surface area (Å²) in [7, 11) is -2.65. The van der Waals surface area contributed by atoms with E-state index in [1.807, 2.05) is 0 Å². The van der Waals surface area contributed by atoms with Gasteiger partial charge in [0, 0.05) is 5.92 Å². The minimum atomic E-state index is -2.92. The van der Waals surface area contributed by atoms with E-state index in [0.29, 0.717) is 13.3 Å². The van der Waals surface area contributed by atoms with E-state index in [9.17, 15) is 23.4 Å². The molecule has 1 heterocycles. The Morgan fingerprint density at radius 2 is 1.91 bits per heavy atom. The van der Waals surface area contributed by atoms with E-state index in [1.165, 1.54) is 0 Å². The van der Waals surface area contributed by atoms with Crippen LogP contribution >= 0.6 is 0 Å². The molecule has 0 saturated carbocycles. The smallest absolute Gasteiger partial charge is 0.489 e. The summed E-state index contributed by atoms with van der Waals surface area (Å²) in [4.78, 5) is 0. The summed E-state index contributed by atoms with van der Waals surface area (Å²) in [5.74, 6) is -2.47. The molecule has 4 N–H and O–H groups in total. The second kappa shape index (κ2) is 7.18. The molecule has 1 aliphatic heterocycles. The molecule has 1 unspecified atom stereocenters. The zero-order chi connectivity index (χ0) is 17.2. The highest BCUT2D eigenvalue weighted by Gasteiger charge is 2.57. The molecule has 128 valence electrons. The lowest BCUT2D eigenvalue weighted by Gasteiger charge is -2.25. The van der Waals surface area contributed by atoms with Crippen LogP contribution in [0.3, 0.4) is 0 Å². The number of halogens is 3. The Balaban J connectivity index is 2.78. The van der Waals surface area contributed by atoms with Crippen molar-refractivity contribution in [2.24, 2.45) is 5.92 Å². The number of aliphatic hydroxyl groups excluding tert-OH is 1. The van der Waals surface area contributed by atoms with Crippen LogP contribution in [0, 0.1) is 5.92 Å². The first-order valence-electron chi connectivity index (χ1n) is 6.82. The SMILES string of the molecule is CC[C@H](O)[C@@H](C)[C@H]1O[C@H]1C(F)[C@@](C)(O)/C(F)=C(\F)OB(O)O. The molecule has 0 radical (unpaired) electrons. The molecule has 1 saturated heterocycles. The lowest BCUT2D eigenvalue weighted by atomic mass is 9.90. The number of alkyl halides is 1. The maximum Gasteiger partial charge on any atom is 0.709 e. The van der Waals surface area contributed by atoms with Crippen LogP contribution in [0.1, 0.15) is 27.2 Å². The van der Waals surface area contributed by atoms with E-state index in [2.05, 4.69) is 4.65 Å². The largest absolute Gasteiger partial charge is 0.709 e. The molecular weight excluding hydrogens is 308 g/mol. The maximum atomic E-state index is 14.2. The van der Waals surface area contributed by atoms with E-state index in [1.54, 1.807) is 13.8 Å². The molecule has 6 atom stereocenters. The molecule has 1 fully saturated rings. The molecule has 10 heteroatoms. The molecule has 1 rings (SSSR count). The van der Waals surface area contributed by atoms with E-state index in [0.717, 1.165) is 0 Å². The Labute approximate surface area is 126 Å². The lowest BCUT2D eigenvalue weighted by molar-refractivity contribution is -0.0244. The van der Waals surface area contributed by atoms with Crippen molar-refractivity contribution in [3.8, 4) is 0 Å². The van der Waals surface area contributed by atoms with E-state index < -0.39 is 55.2 Å². The molecule has 0 aromatic carbocycles. The van der Waals surface area contributed by atoms with Crippen molar-refractivity contribution in [2.75, 3.05) is 0 Å². The summed E-state index contributed by atoms with van der Waals surface area (Å²) in [5.41, 5.74) is -2.92. The van der Waals surface area contributed by atoms with Gasteiger partial charge >= 0.3 is 7.32 Å². The Morgan fingerprint density at radius 3 is 2.36 bits per heavy atom. The van der Waals surface area contributed by atoms with Crippen LogP contribution in [-0.2, 0) is 9.39 Å². The normalized spacial score (nSPS) is 29.0. The van der Waals surface area contributed by atoms with Crippen LogP contribution in [0.2, 0.25) is 0 Å². The van der Waals surface area contributed by atoms with Crippen molar-refractivity contribution in [1.29, 1.82) is 0 Å². The number of aliphatic hydroxyl groups is 2. The molecule has 0 aliphatic carbocycles. The second-order valence-corrected chi connectivity index (χ2v) is 5.48. The maximum absolute atomic E-state index is 14.2. The van der Waals surface area contributed by atoms with Crippen LogP contribution < -0.4 is 0 Å². The van der Waals surface area contributed by atoms with E-state index >= 15 is 0 Å². The fraction of sp³-hybridized carbons (Fsp3) is 0.833. The number of ether oxygens (including phenoxy) is 1. The van der Waals surface area contributed by atoms with Gasteiger partial charge in [-0.15, -0.1) is 0 Å². The van der Waals surface area contributed by atoms with Crippen molar-refractivity contribution in [1.82, 2.24) is 0 Å². The minimum absolute atomic E-state index is 0.409. The van der Waals surface area contributed by atoms with Gasteiger partial charge in [0.1, 0.15) is 6.10 Å². The van der Waals surface area contributed by atoms with Gasteiger partial charge in [-0.1, -0.05) is 13.8 Å². The highest BCUT2D eigenvalue weighted by molar-refractivity contribution is 6.33. The monoisotopic (exact) mass is 328 g/mol. The highest BCUT2D eigenvalue weighted by Crippen LogP contribution is 2.42. The molecule has 0 aromatic heterocycles. The second-order valence-electron chi connectivity index (χ2n) is 5.48. The summed E-state index contributed by atoms with van der Waals surface area (Å²) in [6, 6.07) is -2.14. The Kier molecular flexibility index (Phi) is 6.28. The number of hydrogen-bond acceptors (Lipinski definition) is 6. The van der Waals surface area contributed by atoms with Gasteiger partial charge in [-0.25, -0.2) is 8.78 Å². The van der Waals surface area contributed by atoms with Gasteiger partial charge in [-0.05, 0) is 13.3 Å². The van der Waals surface area contributed by atoms with Crippen molar-refractivity contribution >= 4 is 7.32 Å². The molecule has 0 amide bonds. The first-order valence-corrected chi connectivity index (χ1v) is 6.82. The van der Waals surface area contributed by atoms with Crippen molar-refractivity contribution in [3.05, 3.63) is 11.8 Å². The Morgan fingerprint density at radius 1 is 1.36 bits per heavy atom. The zero-order valence-electron chi connectivity index (χ0n) is 12.4. The van der Waals surface area contributed by atoms with Crippen LogP contribution in [0.4, 0.5) is 13.2 Å². The standard InChI is InChI=1S/C12H20BF3O6/c1-4-6(17)5(2)7-8(21-7)9(14)12(3,18)10(15)11(16)22-13(19)20/h5-9,17-20H,4H2,1-3H3/b11-10-/t5-,6+,7-,8-,9?,12-/m1/s1. The van der Waals surface area contributed by atoms with Crippen LogP contribution in [0.25, 0.3) is 0 Å². The van der Waals surface area contributed by atoms with Gasteiger partial charge in [0.2, 0.25) is 5.83 Å². The molecule has 0 spiro atoms. The third kappa shape index (κ3) is 4.14. The third-order valence-electron chi connectivity index (χ3n) is 3.76. The van der Waals surface area contributed by atoms with Gasteiger partial charge in [0.25, 0.3) is 6.01 Å². The predicted octanol–water partition coefficient (Wildman–Crippen LogP) is 0.344. The van der Waals surface area contributed by atoms with Crippen LogP contribution in [0.5, 0.6) is 0 Å². The fourth-order valence-electron chi connectivity index (χ4n) is 2.17. The van der Waals surface area contributed by atoms with Crippen LogP contribution in [-0.4, -0.2) is 57.7 Å². The van der Waals surface area contributed by atoms with Gasteiger partial charge in [0.15, 0.2) is 11.8 Å². The third-order valence-corrected chi connectivity index (χ3v) is 3.76. The first-order chi connectivity index (χ1) is 10.0. The molecule has 22 heavy (non-hydrogen) atoms. The van der Waals surface area contributed by atoms with E-state index in [4.69, 9.17) is 14.8 Å². The summed E-state index contributed by atoms with van der Waals surface area (Å²) >= 11 is 0. The van der Waals surface area contributed by atoms with Gasteiger partial charge in [-0.3, -0.25) is 0 Å². The zero-order valence-corrected chi connectivity index (χ0v) is 12.4. The summed E-state index contributed by atoms with van der Waals surface area (Å²) in [5, 5.41) is 36.2. The van der Waals surface area contributed by atoms with Crippen molar-refractivity contribution < 1.29 is 42.8 Å². The van der Waals surface area contributed by atoms with Crippen molar-refractivity contribution in [3.63, 3.8) is 0 Å². The number of epoxide rings is 1. The first kappa shape index (κ1) is 19.2. The molecule has 0 aromatic rings. The molecule has 6 nitrogen and oxygen atoms in total. The lowest BCUT2D eigenvalue weighted by Crippen LogP contribution is -2.43. The van der Waals surface area contributed by atoms with Crippen molar-refractivity contribution in [2.45, 2.75) is 57.3 Å². The average molecular weight is 328 g/mol. The topological polar surface area (TPSA) is 103 Å².